The van der Waals surface area contributed by atoms with Gasteiger partial charge in [0.1, 0.15) is 10.2 Å². The second-order valence-corrected chi connectivity index (χ2v) is 5.70. The van der Waals surface area contributed by atoms with Gasteiger partial charge in [-0.3, -0.25) is 0 Å². The first-order valence-corrected chi connectivity index (χ1v) is 6.64. The van der Waals surface area contributed by atoms with E-state index in [1.807, 2.05) is 31.2 Å². The number of hydrogen-bond acceptors (Lipinski definition) is 3. The van der Waals surface area contributed by atoms with Gasteiger partial charge in [0.15, 0.2) is 0 Å². The van der Waals surface area contributed by atoms with Gasteiger partial charge in [-0.1, -0.05) is 29.5 Å². The zero-order valence-corrected chi connectivity index (χ0v) is 11.8. The third-order valence-electron chi connectivity index (χ3n) is 1.96. The zero-order chi connectivity index (χ0) is 12.8. The van der Waals surface area contributed by atoms with Gasteiger partial charge >= 0.3 is 6.09 Å². The molecule has 17 heavy (non-hydrogen) atoms. The van der Waals surface area contributed by atoms with Gasteiger partial charge in [0.2, 0.25) is 0 Å². The Morgan fingerprint density at radius 2 is 1.94 bits per heavy atom. The number of methoxy groups -OCH3 is 1. The van der Waals surface area contributed by atoms with Crippen LogP contribution in [0.2, 0.25) is 0 Å². The molecule has 0 aliphatic heterocycles. The Balaban J connectivity index is 2.66. The number of nitrogens with one attached hydrogen (secondary N) is 1. The average Bonchev–Trinajstić information content (AvgIpc) is 2.30. The summed E-state index contributed by atoms with van der Waals surface area (Å²) in [6.45, 7) is 2.00. The molecule has 3 nitrogen and oxygen atoms in total. The Hall–Kier alpha value is -0.580. The third kappa shape index (κ3) is 5.06. The van der Waals surface area contributed by atoms with Crippen LogP contribution in [0.4, 0.5) is 4.79 Å². The number of carbonyl (C=O) groups is 1. The number of ether oxygens (including phenoxy) is 1. The predicted molar refractivity (Wildman–Crippen MR) is 71.9 cm³/mol. The van der Waals surface area contributed by atoms with Crippen molar-refractivity contribution in [2.45, 2.75) is 22.0 Å². The fourth-order valence-electron chi connectivity index (χ4n) is 1.08. The van der Waals surface area contributed by atoms with Gasteiger partial charge in [0.25, 0.3) is 0 Å². The lowest BCUT2D eigenvalue weighted by molar-refractivity contribution is 0.170. The van der Waals surface area contributed by atoms with Gasteiger partial charge in [0.05, 0.1) is 7.11 Å². The summed E-state index contributed by atoms with van der Waals surface area (Å²) in [4.78, 5) is 11.4. The molecular weight excluding hydrogens is 281 g/mol. The maximum atomic E-state index is 11.1. The molecule has 1 atom stereocenters. The third-order valence-corrected chi connectivity index (χ3v) is 3.95. The number of aryl methyl sites for hydroxylation is 1. The summed E-state index contributed by atoms with van der Waals surface area (Å²) in [5.74, 6) is 0. The molecular formula is C11H13Cl2NO2S. The molecule has 0 fully saturated rings. The monoisotopic (exact) mass is 293 g/mol. The first-order chi connectivity index (χ1) is 8.02. The highest BCUT2D eigenvalue weighted by molar-refractivity contribution is 8.00. The fraction of sp³-hybridized carbons (Fsp3) is 0.364. The van der Waals surface area contributed by atoms with E-state index >= 15 is 0 Å². The van der Waals surface area contributed by atoms with Crippen molar-refractivity contribution >= 4 is 41.1 Å². The molecule has 1 amide bonds. The number of benzene rings is 1. The minimum absolute atomic E-state index is 0.450. The molecule has 0 bridgehead atoms. The molecule has 0 aliphatic rings. The maximum Gasteiger partial charge on any atom is 0.407 e. The minimum Gasteiger partial charge on any atom is -0.453 e. The lowest BCUT2D eigenvalue weighted by Gasteiger charge is -2.18. The summed E-state index contributed by atoms with van der Waals surface area (Å²) in [6.07, 6.45) is -0.555. The van der Waals surface area contributed by atoms with Crippen molar-refractivity contribution in [2.75, 3.05) is 7.11 Å². The van der Waals surface area contributed by atoms with Crippen LogP contribution in [0.5, 0.6) is 0 Å². The summed E-state index contributed by atoms with van der Waals surface area (Å²) < 4.78 is 4.51. The van der Waals surface area contributed by atoms with Gasteiger partial charge in [-0.25, -0.2) is 4.79 Å². The molecule has 1 N–H and O–H groups in total. The van der Waals surface area contributed by atoms with Gasteiger partial charge in [-0.05, 0) is 19.1 Å². The molecule has 1 rings (SSSR count). The van der Waals surface area contributed by atoms with Crippen LogP contribution in [0.3, 0.4) is 0 Å². The van der Waals surface area contributed by atoms with E-state index in [0.29, 0.717) is 0 Å². The molecule has 94 valence electrons. The number of halogens is 2. The van der Waals surface area contributed by atoms with E-state index in [2.05, 4.69) is 10.1 Å². The van der Waals surface area contributed by atoms with Crippen molar-refractivity contribution < 1.29 is 9.53 Å². The molecule has 0 radical (unpaired) electrons. The number of alkyl carbamates (subject to hydrolysis) is 1. The van der Waals surface area contributed by atoms with E-state index < -0.39 is 16.3 Å². The van der Waals surface area contributed by atoms with Crippen LogP contribution < -0.4 is 5.32 Å². The van der Waals surface area contributed by atoms with Gasteiger partial charge in [-0.2, -0.15) is 0 Å². The van der Waals surface area contributed by atoms with E-state index in [4.69, 9.17) is 23.2 Å². The summed E-state index contributed by atoms with van der Waals surface area (Å²) in [5, 5.41) is 2.12. The Bertz CT molecular complexity index is 370. The SMILES string of the molecule is COC(=O)N[C@H](Sc1ccc(C)cc1)C(Cl)Cl. The molecule has 0 aromatic heterocycles. The fourth-order valence-corrected chi connectivity index (χ4v) is 2.36. The summed E-state index contributed by atoms with van der Waals surface area (Å²) >= 11 is 13.0. The Morgan fingerprint density at radius 3 is 2.41 bits per heavy atom. The van der Waals surface area contributed by atoms with Crippen LogP contribution >= 0.6 is 35.0 Å². The van der Waals surface area contributed by atoms with Crippen molar-refractivity contribution in [3.63, 3.8) is 0 Å². The number of alkyl halides is 2. The van der Waals surface area contributed by atoms with Crippen molar-refractivity contribution in [1.82, 2.24) is 5.32 Å². The molecule has 1 aromatic carbocycles. The highest BCUT2D eigenvalue weighted by Gasteiger charge is 2.20. The smallest absolute Gasteiger partial charge is 0.407 e. The van der Waals surface area contributed by atoms with Crippen LogP contribution in [0.1, 0.15) is 5.56 Å². The molecule has 1 aromatic rings. The Labute approximate surface area is 115 Å². The van der Waals surface area contributed by atoms with Crippen molar-refractivity contribution in [3.05, 3.63) is 29.8 Å². The molecule has 0 heterocycles. The maximum absolute atomic E-state index is 11.1. The number of hydrogen-bond donors (Lipinski definition) is 1. The number of amides is 1. The number of thioether (sulfide) groups is 1. The van der Waals surface area contributed by atoms with Gasteiger partial charge < -0.3 is 10.1 Å². The van der Waals surface area contributed by atoms with Crippen molar-refractivity contribution in [3.8, 4) is 0 Å². The van der Waals surface area contributed by atoms with E-state index in [1.165, 1.54) is 24.4 Å². The van der Waals surface area contributed by atoms with E-state index in [-0.39, 0.29) is 0 Å². The van der Waals surface area contributed by atoms with Gasteiger partial charge in [-0.15, -0.1) is 23.2 Å². The standard InChI is InChI=1S/C11H13Cl2NO2S/c1-7-3-5-8(6-4-7)17-10(9(12)13)14-11(15)16-2/h3-6,9-10H,1-2H3,(H,14,15)/t10-/m1/s1. The van der Waals surface area contributed by atoms with Crippen LogP contribution in [-0.2, 0) is 4.74 Å². The molecule has 6 heteroatoms. The zero-order valence-electron chi connectivity index (χ0n) is 9.44. The second-order valence-electron chi connectivity index (χ2n) is 3.32. The largest absolute Gasteiger partial charge is 0.453 e. The van der Waals surface area contributed by atoms with Crippen LogP contribution in [0.15, 0.2) is 29.2 Å². The molecule has 0 unspecified atom stereocenters. The van der Waals surface area contributed by atoms with Crippen LogP contribution in [0, 0.1) is 6.92 Å². The van der Waals surface area contributed by atoms with Gasteiger partial charge in [0, 0.05) is 4.90 Å². The van der Waals surface area contributed by atoms with Crippen LogP contribution in [-0.4, -0.2) is 23.4 Å². The Kier molecular flexibility index (Phi) is 5.95. The van der Waals surface area contributed by atoms with E-state index in [1.54, 1.807) is 0 Å². The highest BCUT2D eigenvalue weighted by atomic mass is 35.5. The second kappa shape index (κ2) is 6.99. The highest BCUT2D eigenvalue weighted by Crippen LogP contribution is 2.28. The average molecular weight is 294 g/mol. The van der Waals surface area contributed by atoms with Crippen molar-refractivity contribution in [2.24, 2.45) is 0 Å². The summed E-state index contributed by atoms with van der Waals surface area (Å²) in [6, 6.07) is 7.86. The predicted octanol–water partition coefficient (Wildman–Crippen LogP) is 3.57. The molecule has 0 aliphatic carbocycles. The van der Waals surface area contributed by atoms with E-state index in [0.717, 1.165) is 4.90 Å². The molecule has 0 saturated carbocycles. The minimum atomic E-state index is -0.722. The molecule has 0 spiro atoms. The first-order valence-electron chi connectivity index (χ1n) is 4.89. The number of rotatable bonds is 4. The quantitative estimate of drug-likeness (QED) is 0.524. The van der Waals surface area contributed by atoms with Crippen molar-refractivity contribution in [1.29, 1.82) is 0 Å². The normalized spacial score (nSPS) is 12.3. The lowest BCUT2D eigenvalue weighted by atomic mass is 10.2. The Morgan fingerprint density at radius 1 is 1.35 bits per heavy atom. The molecule has 0 saturated heterocycles. The topological polar surface area (TPSA) is 38.3 Å². The van der Waals surface area contributed by atoms with E-state index in [9.17, 15) is 4.79 Å². The summed E-state index contributed by atoms with van der Waals surface area (Å²) in [5.41, 5.74) is 1.17. The first kappa shape index (κ1) is 14.5. The van der Waals surface area contributed by atoms with Crippen LogP contribution in [0.25, 0.3) is 0 Å². The summed E-state index contributed by atoms with van der Waals surface area (Å²) in [7, 11) is 1.29. The number of carbonyl (C=O) groups excluding carboxylic acids is 1. The lowest BCUT2D eigenvalue weighted by Crippen LogP contribution is -2.36.